The Hall–Kier alpha value is -0.910. The minimum absolute atomic E-state index is 0.306. The molecule has 0 radical (unpaired) electrons. The first kappa shape index (κ1) is 11.6. The largest absolute Gasteiger partial charge is 0.318 e. The van der Waals surface area contributed by atoms with E-state index in [9.17, 15) is 0 Å². The average molecular weight is 257 g/mol. The number of rotatable bonds is 3. The Morgan fingerprint density at radius 2 is 2.38 bits per heavy atom. The molecule has 6 heteroatoms. The highest BCUT2D eigenvalue weighted by Crippen LogP contribution is 2.26. The van der Waals surface area contributed by atoms with Crippen molar-refractivity contribution in [2.75, 3.05) is 0 Å². The molecule has 0 amide bonds. The summed E-state index contributed by atoms with van der Waals surface area (Å²) >= 11 is 7.67. The van der Waals surface area contributed by atoms with Crippen LogP contribution in [0, 0.1) is 6.92 Å². The van der Waals surface area contributed by atoms with Gasteiger partial charge in [0.05, 0.1) is 33.7 Å². The second-order valence-electron chi connectivity index (χ2n) is 3.46. The van der Waals surface area contributed by atoms with Crippen LogP contribution in [0.15, 0.2) is 11.6 Å². The van der Waals surface area contributed by atoms with Gasteiger partial charge in [0.25, 0.3) is 0 Å². The molecule has 0 aromatic carbocycles. The molecule has 2 aromatic heterocycles. The molecule has 0 aliphatic carbocycles. The van der Waals surface area contributed by atoms with Gasteiger partial charge in [0, 0.05) is 11.9 Å². The molecule has 0 aliphatic heterocycles. The topological polar surface area (TPSA) is 56.7 Å². The summed E-state index contributed by atoms with van der Waals surface area (Å²) in [7, 11) is 0. The third kappa shape index (κ3) is 1.98. The molecular formula is C10H13ClN4S. The highest BCUT2D eigenvalue weighted by Gasteiger charge is 2.19. The van der Waals surface area contributed by atoms with Crippen LogP contribution >= 0.6 is 22.9 Å². The lowest BCUT2D eigenvalue weighted by Crippen LogP contribution is -2.18. The number of nitrogens with zero attached hydrogens (tertiary/aromatic N) is 3. The molecule has 2 N–H and O–H groups in total. The fourth-order valence-electron chi connectivity index (χ4n) is 1.60. The second-order valence-corrected chi connectivity index (χ2v) is 4.93. The Labute approximate surface area is 103 Å². The van der Waals surface area contributed by atoms with Gasteiger partial charge in [-0.15, -0.1) is 11.3 Å². The van der Waals surface area contributed by atoms with Crippen LogP contribution in [0.4, 0.5) is 0 Å². The predicted octanol–water partition coefficient (Wildman–Crippen LogP) is 2.37. The van der Waals surface area contributed by atoms with Gasteiger partial charge in [0.2, 0.25) is 0 Å². The van der Waals surface area contributed by atoms with Crippen LogP contribution in [0.25, 0.3) is 0 Å². The van der Waals surface area contributed by atoms with E-state index in [4.69, 9.17) is 17.3 Å². The first-order chi connectivity index (χ1) is 7.63. The average Bonchev–Trinajstić information content (AvgIpc) is 2.83. The van der Waals surface area contributed by atoms with Gasteiger partial charge >= 0.3 is 0 Å². The summed E-state index contributed by atoms with van der Waals surface area (Å²) in [6.07, 6.45) is 1.62. The summed E-state index contributed by atoms with van der Waals surface area (Å²) in [6, 6.07) is -0.306. The molecule has 0 fully saturated rings. The zero-order valence-electron chi connectivity index (χ0n) is 9.14. The number of aryl methyl sites for hydroxylation is 2. The molecule has 0 aliphatic rings. The molecule has 0 spiro atoms. The fraction of sp³-hybridized carbons (Fsp3) is 0.400. The van der Waals surface area contributed by atoms with E-state index in [1.54, 1.807) is 17.5 Å². The van der Waals surface area contributed by atoms with Crippen molar-refractivity contribution in [1.82, 2.24) is 14.8 Å². The zero-order chi connectivity index (χ0) is 11.7. The van der Waals surface area contributed by atoms with Crippen LogP contribution in [0.5, 0.6) is 0 Å². The number of hydrogen-bond donors (Lipinski definition) is 1. The number of hydrogen-bond acceptors (Lipinski definition) is 4. The Kier molecular flexibility index (Phi) is 3.28. The molecule has 4 nitrogen and oxygen atoms in total. The first-order valence-electron chi connectivity index (χ1n) is 5.02. The van der Waals surface area contributed by atoms with Gasteiger partial charge in [-0.1, -0.05) is 11.6 Å². The van der Waals surface area contributed by atoms with Crippen molar-refractivity contribution >= 4 is 22.9 Å². The van der Waals surface area contributed by atoms with E-state index < -0.39 is 0 Å². The summed E-state index contributed by atoms with van der Waals surface area (Å²) in [5, 5.41) is 7.73. The normalized spacial score (nSPS) is 13.0. The molecule has 0 saturated carbocycles. The van der Waals surface area contributed by atoms with Crippen molar-refractivity contribution in [2.45, 2.75) is 26.4 Å². The van der Waals surface area contributed by atoms with Gasteiger partial charge in [-0.3, -0.25) is 4.68 Å². The van der Waals surface area contributed by atoms with Crippen molar-refractivity contribution in [2.24, 2.45) is 5.73 Å². The minimum Gasteiger partial charge on any atom is -0.318 e. The fourth-order valence-corrected chi connectivity index (χ4v) is 2.50. The zero-order valence-corrected chi connectivity index (χ0v) is 10.7. The number of thiazole rings is 1. The van der Waals surface area contributed by atoms with Crippen LogP contribution in [-0.4, -0.2) is 14.8 Å². The number of halogens is 1. The Morgan fingerprint density at radius 1 is 1.62 bits per heavy atom. The SMILES string of the molecule is CCn1ncc(Cl)c1C(N)c1csc(C)n1. The van der Waals surface area contributed by atoms with Gasteiger partial charge in [0.15, 0.2) is 0 Å². The van der Waals surface area contributed by atoms with E-state index in [0.29, 0.717) is 5.02 Å². The quantitative estimate of drug-likeness (QED) is 0.917. The maximum Gasteiger partial charge on any atom is 0.0920 e. The van der Waals surface area contributed by atoms with Crippen LogP contribution in [0.1, 0.15) is 29.4 Å². The predicted molar refractivity (Wildman–Crippen MR) is 65.8 cm³/mol. The van der Waals surface area contributed by atoms with E-state index in [1.807, 2.05) is 23.9 Å². The van der Waals surface area contributed by atoms with Crippen molar-refractivity contribution in [3.8, 4) is 0 Å². The monoisotopic (exact) mass is 256 g/mol. The van der Waals surface area contributed by atoms with E-state index in [-0.39, 0.29) is 6.04 Å². The van der Waals surface area contributed by atoms with E-state index in [2.05, 4.69) is 10.1 Å². The summed E-state index contributed by atoms with van der Waals surface area (Å²) in [4.78, 5) is 4.38. The molecule has 2 heterocycles. The Morgan fingerprint density at radius 3 is 2.94 bits per heavy atom. The third-order valence-electron chi connectivity index (χ3n) is 2.38. The summed E-state index contributed by atoms with van der Waals surface area (Å²) in [5.74, 6) is 0. The number of nitrogens with two attached hydrogens (primary N) is 1. The Bertz CT molecular complexity index is 491. The van der Waals surface area contributed by atoms with E-state index >= 15 is 0 Å². The highest BCUT2D eigenvalue weighted by molar-refractivity contribution is 7.09. The van der Waals surface area contributed by atoms with Crippen molar-refractivity contribution in [3.63, 3.8) is 0 Å². The summed E-state index contributed by atoms with van der Waals surface area (Å²) in [5.41, 5.74) is 7.83. The van der Waals surface area contributed by atoms with Crippen LogP contribution in [0.2, 0.25) is 5.02 Å². The molecule has 1 atom stereocenters. The molecule has 2 aromatic rings. The van der Waals surface area contributed by atoms with Gasteiger partial charge < -0.3 is 5.73 Å². The summed E-state index contributed by atoms with van der Waals surface area (Å²) in [6.45, 7) is 4.71. The second kappa shape index (κ2) is 4.53. The van der Waals surface area contributed by atoms with Crippen molar-refractivity contribution in [1.29, 1.82) is 0 Å². The van der Waals surface area contributed by atoms with Gasteiger partial charge in [-0.2, -0.15) is 5.10 Å². The molecular weight excluding hydrogens is 244 g/mol. The lowest BCUT2D eigenvalue weighted by Gasteiger charge is -2.11. The molecule has 86 valence electrons. The van der Waals surface area contributed by atoms with Crippen LogP contribution in [-0.2, 0) is 6.54 Å². The van der Waals surface area contributed by atoms with Gasteiger partial charge in [-0.05, 0) is 13.8 Å². The molecule has 16 heavy (non-hydrogen) atoms. The molecule has 1 unspecified atom stereocenters. The van der Waals surface area contributed by atoms with E-state index in [1.165, 1.54) is 0 Å². The number of aromatic nitrogens is 3. The Balaban J connectivity index is 2.40. The van der Waals surface area contributed by atoms with Crippen LogP contribution < -0.4 is 5.73 Å². The maximum absolute atomic E-state index is 6.15. The lowest BCUT2D eigenvalue weighted by molar-refractivity contribution is 0.597. The molecule has 0 bridgehead atoms. The molecule has 0 saturated heterocycles. The maximum atomic E-state index is 6.15. The highest BCUT2D eigenvalue weighted by atomic mass is 35.5. The smallest absolute Gasteiger partial charge is 0.0920 e. The lowest BCUT2D eigenvalue weighted by atomic mass is 10.1. The molecule has 2 rings (SSSR count). The summed E-state index contributed by atoms with van der Waals surface area (Å²) < 4.78 is 1.81. The van der Waals surface area contributed by atoms with Crippen LogP contribution in [0.3, 0.4) is 0 Å². The van der Waals surface area contributed by atoms with Crippen molar-refractivity contribution in [3.05, 3.63) is 33.0 Å². The standard InChI is InChI=1S/C10H13ClN4S/c1-3-15-10(7(11)4-13-15)9(12)8-5-16-6(2)14-8/h4-5,9H,3,12H2,1-2H3. The minimum atomic E-state index is -0.306. The third-order valence-corrected chi connectivity index (χ3v) is 3.47. The van der Waals surface area contributed by atoms with Crippen molar-refractivity contribution < 1.29 is 0 Å². The van der Waals surface area contributed by atoms with Gasteiger partial charge in [0.1, 0.15) is 0 Å². The van der Waals surface area contributed by atoms with E-state index in [0.717, 1.165) is 22.9 Å². The first-order valence-corrected chi connectivity index (χ1v) is 6.28. The van der Waals surface area contributed by atoms with Gasteiger partial charge in [-0.25, -0.2) is 4.98 Å².